The van der Waals surface area contributed by atoms with Crippen LogP contribution in [-0.4, -0.2) is 33.4 Å². The van der Waals surface area contributed by atoms with Crippen molar-refractivity contribution in [3.05, 3.63) is 119 Å². The zero-order valence-corrected chi connectivity index (χ0v) is 23.9. The average Bonchev–Trinajstić information content (AvgIpc) is 3.48. The number of halogens is 1. The molecule has 0 atom stereocenters. The van der Waals surface area contributed by atoms with Gasteiger partial charge in [-0.25, -0.2) is 19.7 Å². The summed E-state index contributed by atoms with van der Waals surface area (Å²) in [5.74, 6) is -1.11. The van der Waals surface area contributed by atoms with Crippen molar-refractivity contribution in [2.45, 2.75) is 0 Å². The van der Waals surface area contributed by atoms with Gasteiger partial charge in [0.05, 0.1) is 33.7 Å². The van der Waals surface area contributed by atoms with Crippen molar-refractivity contribution in [2.24, 2.45) is 0 Å². The Morgan fingerprint density at radius 2 is 1.37 bits per heavy atom. The van der Waals surface area contributed by atoms with Gasteiger partial charge in [0, 0.05) is 26.5 Å². The van der Waals surface area contributed by atoms with Gasteiger partial charge in [-0.2, -0.15) is 0 Å². The number of fused-ring (bicyclic) bond motifs is 1. The van der Waals surface area contributed by atoms with Crippen LogP contribution in [0.1, 0.15) is 10.4 Å². The number of carbonyl (C=O) groups is 2. The Bertz CT molecular complexity index is 1860. The molecule has 0 radical (unpaired) electrons. The Labute approximate surface area is 248 Å². The molecule has 7 nitrogen and oxygen atoms in total. The lowest BCUT2D eigenvalue weighted by Crippen LogP contribution is -2.20. The molecule has 6 rings (SSSR count). The van der Waals surface area contributed by atoms with E-state index < -0.39 is 18.5 Å². The quantitative estimate of drug-likeness (QED) is 0.184. The number of rotatable bonds is 7. The highest BCUT2D eigenvalue weighted by Gasteiger charge is 2.16. The molecule has 0 aliphatic carbocycles. The predicted octanol–water partition coefficient (Wildman–Crippen LogP) is 7.65. The van der Waals surface area contributed by atoms with E-state index in [1.807, 2.05) is 90.3 Å². The molecule has 0 saturated carbocycles. The summed E-state index contributed by atoms with van der Waals surface area (Å²) >= 11 is 4.71. The van der Waals surface area contributed by atoms with Crippen molar-refractivity contribution in [3.8, 4) is 33.8 Å². The molecule has 0 fully saturated rings. The zero-order valence-electron chi connectivity index (χ0n) is 21.5. The highest BCUT2D eigenvalue weighted by molar-refractivity contribution is 9.10. The molecule has 0 aliphatic rings. The summed E-state index contributed by atoms with van der Waals surface area (Å²) < 4.78 is 6.27. The summed E-state index contributed by atoms with van der Waals surface area (Å²) in [4.78, 5) is 39.5. The van der Waals surface area contributed by atoms with Gasteiger partial charge in [-0.15, -0.1) is 11.3 Å². The topological polar surface area (TPSA) is 94.1 Å². The predicted molar refractivity (Wildman–Crippen MR) is 165 cm³/mol. The van der Waals surface area contributed by atoms with Crippen LogP contribution in [0.2, 0.25) is 0 Å². The van der Waals surface area contributed by atoms with E-state index in [4.69, 9.17) is 14.7 Å². The van der Waals surface area contributed by atoms with Crippen molar-refractivity contribution < 1.29 is 14.3 Å². The first-order valence-electron chi connectivity index (χ1n) is 12.6. The number of amides is 1. The van der Waals surface area contributed by atoms with Crippen molar-refractivity contribution in [2.75, 3.05) is 11.9 Å². The molecule has 4 aromatic carbocycles. The van der Waals surface area contributed by atoms with Crippen molar-refractivity contribution in [1.29, 1.82) is 0 Å². The molecule has 6 aromatic rings. The largest absolute Gasteiger partial charge is 0.452 e. The minimum atomic E-state index is -0.632. The van der Waals surface area contributed by atoms with Crippen LogP contribution in [0.4, 0.5) is 5.13 Å². The standard InChI is InChI=1S/C32H21BrN4O3S/c33-24-14-11-20(12-15-24)27-19-41-32(36-27)37-28(38)18-40-31(39)23-13-16-25-26(17-23)35-30(22-9-5-2-6-10-22)29(34-25)21-7-3-1-4-8-21/h1-17,19H,18H2,(H,36,37,38). The number of benzene rings is 4. The van der Waals surface area contributed by atoms with E-state index >= 15 is 0 Å². The summed E-state index contributed by atoms with van der Waals surface area (Å²) in [5, 5.41) is 4.97. The van der Waals surface area contributed by atoms with Gasteiger partial charge in [-0.05, 0) is 30.3 Å². The number of nitrogens with zero attached hydrogens (tertiary/aromatic N) is 3. The Morgan fingerprint density at radius 3 is 2.02 bits per heavy atom. The lowest BCUT2D eigenvalue weighted by Gasteiger charge is -2.11. The number of hydrogen-bond acceptors (Lipinski definition) is 7. The maximum absolute atomic E-state index is 12.8. The maximum atomic E-state index is 12.8. The summed E-state index contributed by atoms with van der Waals surface area (Å²) in [7, 11) is 0. The van der Waals surface area contributed by atoms with Crippen LogP contribution in [0.25, 0.3) is 44.8 Å². The third-order valence-corrected chi connectivity index (χ3v) is 7.51. The van der Waals surface area contributed by atoms with E-state index in [9.17, 15) is 9.59 Å². The van der Waals surface area contributed by atoms with Crippen LogP contribution in [0, 0.1) is 0 Å². The normalized spacial score (nSPS) is 10.9. The number of carbonyl (C=O) groups excluding carboxylic acids is 2. The Hall–Kier alpha value is -4.73. The van der Waals surface area contributed by atoms with Gasteiger partial charge in [-0.3, -0.25) is 10.1 Å². The fourth-order valence-corrected chi connectivity index (χ4v) is 5.23. The highest BCUT2D eigenvalue weighted by Crippen LogP contribution is 2.31. The number of nitrogens with one attached hydrogen (secondary N) is 1. The molecule has 1 N–H and O–H groups in total. The maximum Gasteiger partial charge on any atom is 0.338 e. The molecule has 0 bridgehead atoms. The SMILES string of the molecule is O=C(COC(=O)c1ccc2nc(-c3ccccc3)c(-c3ccccc3)nc2c1)Nc1nc(-c2ccc(Br)cc2)cs1. The van der Waals surface area contributed by atoms with Crippen LogP contribution in [0.15, 0.2) is 113 Å². The monoisotopic (exact) mass is 620 g/mol. The summed E-state index contributed by atoms with van der Waals surface area (Å²) in [5.41, 5.74) is 6.46. The highest BCUT2D eigenvalue weighted by atomic mass is 79.9. The average molecular weight is 622 g/mol. The lowest BCUT2D eigenvalue weighted by atomic mass is 10.0. The van der Waals surface area contributed by atoms with E-state index in [-0.39, 0.29) is 5.56 Å². The van der Waals surface area contributed by atoms with E-state index in [1.165, 1.54) is 11.3 Å². The second-order valence-corrected chi connectivity index (χ2v) is 10.8. The third-order valence-electron chi connectivity index (χ3n) is 6.22. The fourth-order valence-electron chi connectivity index (χ4n) is 4.23. The Morgan fingerprint density at radius 1 is 0.732 bits per heavy atom. The first-order chi connectivity index (χ1) is 20.0. The van der Waals surface area contributed by atoms with Crippen molar-refractivity contribution in [3.63, 3.8) is 0 Å². The first kappa shape index (κ1) is 26.5. The molecule has 1 amide bonds. The molecule has 0 saturated heterocycles. The molecular formula is C32H21BrN4O3S. The van der Waals surface area contributed by atoms with Gasteiger partial charge in [0.15, 0.2) is 11.7 Å². The minimum Gasteiger partial charge on any atom is -0.452 e. The van der Waals surface area contributed by atoms with Crippen molar-refractivity contribution >= 4 is 55.3 Å². The van der Waals surface area contributed by atoms with Gasteiger partial charge >= 0.3 is 5.97 Å². The van der Waals surface area contributed by atoms with Crippen LogP contribution in [-0.2, 0) is 9.53 Å². The van der Waals surface area contributed by atoms with E-state index in [0.29, 0.717) is 21.9 Å². The molecule has 200 valence electrons. The molecule has 0 spiro atoms. The minimum absolute atomic E-state index is 0.276. The molecule has 2 heterocycles. The first-order valence-corrected chi connectivity index (χ1v) is 14.3. The second kappa shape index (κ2) is 11.8. The zero-order chi connectivity index (χ0) is 28.2. The van der Waals surface area contributed by atoms with Gasteiger partial charge in [0.2, 0.25) is 0 Å². The van der Waals surface area contributed by atoms with Gasteiger partial charge in [-0.1, -0.05) is 88.7 Å². The van der Waals surface area contributed by atoms with E-state index in [2.05, 4.69) is 26.2 Å². The smallest absolute Gasteiger partial charge is 0.338 e. The Kier molecular flexibility index (Phi) is 7.62. The Balaban J connectivity index is 1.18. The molecule has 0 unspecified atom stereocenters. The summed E-state index contributed by atoms with van der Waals surface area (Å²) in [6.07, 6.45) is 0. The number of aromatic nitrogens is 3. The van der Waals surface area contributed by atoms with E-state index in [1.54, 1.807) is 18.2 Å². The summed E-state index contributed by atoms with van der Waals surface area (Å²) in [6, 6.07) is 32.4. The number of anilines is 1. The van der Waals surface area contributed by atoms with Gasteiger partial charge < -0.3 is 4.74 Å². The van der Waals surface area contributed by atoms with Crippen molar-refractivity contribution in [1.82, 2.24) is 15.0 Å². The number of hydrogen-bond donors (Lipinski definition) is 1. The van der Waals surface area contributed by atoms with Crippen LogP contribution >= 0.6 is 27.3 Å². The number of thiazole rings is 1. The molecule has 41 heavy (non-hydrogen) atoms. The number of esters is 1. The van der Waals surface area contributed by atoms with Gasteiger partial charge in [0.25, 0.3) is 5.91 Å². The van der Waals surface area contributed by atoms with Crippen LogP contribution in [0.5, 0.6) is 0 Å². The molecule has 2 aromatic heterocycles. The fraction of sp³-hybridized carbons (Fsp3) is 0.0312. The molecular weight excluding hydrogens is 600 g/mol. The third kappa shape index (κ3) is 6.06. The molecule has 0 aliphatic heterocycles. The summed E-state index contributed by atoms with van der Waals surface area (Å²) in [6.45, 7) is -0.446. The lowest BCUT2D eigenvalue weighted by molar-refractivity contribution is -0.119. The van der Waals surface area contributed by atoms with Gasteiger partial charge in [0.1, 0.15) is 0 Å². The van der Waals surface area contributed by atoms with Crippen LogP contribution < -0.4 is 5.32 Å². The second-order valence-electron chi connectivity index (χ2n) is 9.03. The number of ether oxygens (including phenoxy) is 1. The molecule has 9 heteroatoms. The van der Waals surface area contributed by atoms with E-state index in [0.717, 1.165) is 32.6 Å². The van der Waals surface area contributed by atoms with Crippen LogP contribution in [0.3, 0.4) is 0 Å².